The molecular weight excluding hydrogens is 270 g/mol. The van der Waals surface area contributed by atoms with Gasteiger partial charge >= 0.3 is 0 Å². The van der Waals surface area contributed by atoms with E-state index in [1.807, 2.05) is 0 Å². The molecule has 1 atom stereocenters. The highest BCUT2D eigenvalue weighted by Crippen LogP contribution is 2.27. The number of hydrogen-bond donors (Lipinski definition) is 1. The van der Waals surface area contributed by atoms with E-state index in [1.54, 1.807) is 17.0 Å². The fourth-order valence-corrected chi connectivity index (χ4v) is 2.29. The summed E-state index contributed by atoms with van der Waals surface area (Å²) in [5, 5.41) is 9.72. The number of morpholine rings is 1. The van der Waals surface area contributed by atoms with Gasteiger partial charge in [-0.05, 0) is 18.2 Å². The first-order chi connectivity index (χ1) is 9.17. The van der Waals surface area contributed by atoms with Crippen LogP contribution in [0.5, 0.6) is 11.5 Å². The Hall–Kier alpha value is -1.46. The van der Waals surface area contributed by atoms with Crippen molar-refractivity contribution in [2.45, 2.75) is 6.04 Å². The van der Waals surface area contributed by atoms with E-state index in [-0.39, 0.29) is 17.7 Å². The van der Waals surface area contributed by atoms with E-state index < -0.39 is 0 Å². The highest BCUT2D eigenvalue weighted by Gasteiger charge is 2.27. The zero-order valence-corrected chi connectivity index (χ0v) is 11.4. The molecule has 0 bridgehead atoms. The number of phenols is 1. The second kappa shape index (κ2) is 6.12. The lowest BCUT2D eigenvalue weighted by molar-refractivity contribution is 0.00454. The van der Waals surface area contributed by atoms with E-state index in [4.69, 9.17) is 21.1 Å². The molecule has 0 aliphatic carbocycles. The minimum atomic E-state index is -0.160. The molecule has 1 aliphatic rings. The summed E-state index contributed by atoms with van der Waals surface area (Å²) in [5.41, 5.74) is 0.412. The van der Waals surface area contributed by atoms with E-state index in [0.717, 1.165) is 0 Å². The van der Waals surface area contributed by atoms with E-state index in [9.17, 15) is 9.90 Å². The Morgan fingerprint density at radius 2 is 2.42 bits per heavy atom. The van der Waals surface area contributed by atoms with Gasteiger partial charge in [0, 0.05) is 18.0 Å². The van der Waals surface area contributed by atoms with Gasteiger partial charge in [0.05, 0.1) is 26.4 Å². The van der Waals surface area contributed by atoms with Gasteiger partial charge in [-0.1, -0.05) is 0 Å². The molecule has 1 N–H and O–H groups in total. The molecule has 1 saturated heterocycles. The quantitative estimate of drug-likeness (QED) is 0.855. The van der Waals surface area contributed by atoms with Crippen LogP contribution >= 0.6 is 11.6 Å². The van der Waals surface area contributed by atoms with Crippen LogP contribution in [-0.2, 0) is 4.74 Å². The summed E-state index contributed by atoms with van der Waals surface area (Å²) in [4.78, 5) is 14.1. The maximum absolute atomic E-state index is 12.4. The number of phenolic OH excluding ortho intramolecular Hbond substituents is 1. The smallest absolute Gasteiger partial charge is 0.254 e. The predicted molar refractivity (Wildman–Crippen MR) is 71.0 cm³/mol. The van der Waals surface area contributed by atoms with Gasteiger partial charge < -0.3 is 19.5 Å². The standard InChI is InChI=1S/C13H16ClNO4/c1-18-12-3-2-9(6-11(12)16)13(17)15-4-5-19-8-10(15)7-14/h2-3,6,10,16H,4-5,7-8H2,1H3. The normalized spacial score (nSPS) is 19.3. The molecule has 104 valence electrons. The maximum atomic E-state index is 12.4. The number of alkyl halides is 1. The lowest BCUT2D eigenvalue weighted by Gasteiger charge is -2.34. The number of rotatable bonds is 3. The molecule has 1 heterocycles. The Kier molecular flexibility index (Phi) is 4.50. The number of carbonyl (C=O) groups excluding carboxylic acids is 1. The average molecular weight is 286 g/mol. The van der Waals surface area contributed by atoms with Crippen LogP contribution in [0.15, 0.2) is 18.2 Å². The molecule has 0 saturated carbocycles. The molecule has 1 amide bonds. The predicted octanol–water partition coefficient (Wildman–Crippen LogP) is 1.48. The monoisotopic (exact) mass is 285 g/mol. The van der Waals surface area contributed by atoms with Gasteiger partial charge in [0.25, 0.3) is 5.91 Å². The molecule has 0 radical (unpaired) electrons. The molecule has 0 aromatic heterocycles. The number of halogens is 1. The van der Waals surface area contributed by atoms with Gasteiger partial charge in [-0.2, -0.15) is 0 Å². The third kappa shape index (κ3) is 2.93. The van der Waals surface area contributed by atoms with Gasteiger partial charge in [-0.25, -0.2) is 0 Å². The van der Waals surface area contributed by atoms with Gasteiger partial charge in [0.15, 0.2) is 11.5 Å². The van der Waals surface area contributed by atoms with Gasteiger partial charge in [-0.15, -0.1) is 11.6 Å². The number of benzene rings is 1. The molecule has 5 nitrogen and oxygen atoms in total. The summed E-state index contributed by atoms with van der Waals surface area (Å²) in [5.74, 6) is 0.455. The number of hydrogen-bond acceptors (Lipinski definition) is 4. The molecule has 19 heavy (non-hydrogen) atoms. The van der Waals surface area contributed by atoms with Crippen LogP contribution < -0.4 is 4.74 Å². The number of carbonyl (C=O) groups is 1. The van der Waals surface area contributed by atoms with Crippen molar-refractivity contribution >= 4 is 17.5 Å². The zero-order valence-electron chi connectivity index (χ0n) is 10.6. The Labute approximate surface area is 116 Å². The fraction of sp³-hybridized carbons (Fsp3) is 0.462. The second-order valence-corrected chi connectivity index (χ2v) is 4.58. The summed E-state index contributed by atoms with van der Waals surface area (Å²) in [7, 11) is 1.46. The topological polar surface area (TPSA) is 59.0 Å². The van der Waals surface area contributed by atoms with Gasteiger partial charge in [0.2, 0.25) is 0 Å². The lowest BCUT2D eigenvalue weighted by Crippen LogP contribution is -2.49. The van der Waals surface area contributed by atoms with Crippen molar-refractivity contribution < 1.29 is 19.4 Å². The Bertz CT molecular complexity index is 466. The van der Waals surface area contributed by atoms with Crippen molar-refractivity contribution in [1.29, 1.82) is 0 Å². The van der Waals surface area contributed by atoms with Crippen molar-refractivity contribution in [3.63, 3.8) is 0 Å². The number of amides is 1. The van der Waals surface area contributed by atoms with E-state index in [1.165, 1.54) is 13.2 Å². The average Bonchev–Trinajstić information content (AvgIpc) is 2.46. The summed E-state index contributed by atoms with van der Waals surface area (Å²) in [6.45, 7) is 1.45. The highest BCUT2D eigenvalue weighted by molar-refractivity contribution is 6.18. The molecular formula is C13H16ClNO4. The molecule has 1 fully saturated rings. The third-order valence-corrected chi connectivity index (χ3v) is 3.45. The van der Waals surface area contributed by atoms with Crippen molar-refractivity contribution in [2.75, 3.05) is 32.7 Å². The summed E-state index contributed by atoms with van der Waals surface area (Å²) >= 11 is 5.84. The zero-order chi connectivity index (χ0) is 13.8. The van der Waals surface area contributed by atoms with Crippen LogP contribution in [0.3, 0.4) is 0 Å². The largest absolute Gasteiger partial charge is 0.504 e. The van der Waals surface area contributed by atoms with Crippen LogP contribution in [0.25, 0.3) is 0 Å². The number of aromatic hydroxyl groups is 1. The van der Waals surface area contributed by atoms with Crippen LogP contribution in [0.1, 0.15) is 10.4 Å². The Morgan fingerprint density at radius 1 is 1.63 bits per heavy atom. The summed E-state index contributed by atoms with van der Waals surface area (Å²) in [6.07, 6.45) is 0. The van der Waals surface area contributed by atoms with Crippen molar-refractivity contribution in [2.24, 2.45) is 0 Å². The SMILES string of the molecule is COc1ccc(C(=O)N2CCOCC2CCl)cc1O. The van der Waals surface area contributed by atoms with Crippen molar-refractivity contribution in [1.82, 2.24) is 4.90 Å². The number of nitrogens with zero attached hydrogens (tertiary/aromatic N) is 1. The van der Waals surface area contributed by atoms with Gasteiger partial charge in [0.1, 0.15) is 0 Å². The van der Waals surface area contributed by atoms with E-state index in [2.05, 4.69) is 0 Å². The third-order valence-electron chi connectivity index (χ3n) is 3.09. The molecule has 0 spiro atoms. The molecule has 1 aromatic rings. The van der Waals surface area contributed by atoms with Crippen molar-refractivity contribution in [3.8, 4) is 11.5 Å². The fourth-order valence-electron chi connectivity index (χ4n) is 2.04. The minimum absolute atomic E-state index is 0.0518. The summed E-state index contributed by atoms with van der Waals surface area (Å²) in [6, 6.07) is 4.47. The highest BCUT2D eigenvalue weighted by atomic mass is 35.5. The maximum Gasteiger partial charge on any atom is 0.254 e. The first kappa shape index (κ1) is 14.0. The van der Waals surface area contributed by atoms with Crippen LogP contribution in [0.4, 0.5) is 0 Å². The van der Waals surface area contributed by atoms with E-state index >= 15 is 0 Å². The van der Waals surface area contributed by atoms with Crippen LogP contribution in [-0.4, -0.2) is 54.7 Å². The lowest BCUT2D eigenvalue weighted by atomic mass is 10.1. The number of methoxy groups -OCH3 is 1. The van der Waals surface area contributed by atoms with Gasteiger partial charge in [-0.3, -0.25) is 4.79 Å². The Balaban J connectivity index is 2.20. The molecule has 1 unspecified atom stereocenters. The second-order valence-electron chi connectivity index (χ2n) is 4.27. The number of ether oxygens (including phenoxy) is 2. The minimum Gasteiger partial charge on any atom is -0.504 e. The van der Waals surface area contributed by atoms with Crippen LogP contribution in [0, 0.1) is 0 Å². The Morgan fingerprint density at radius 3 is 3.05 bits per heavy atom. The first-order valence-electron chi connectivity index (χ1n) is 5.99. The summed E-state index contributed by atoms with van der Waals surface area (Å²) < 4.78 is 10.3. The first-order valence-corrected chi connectivity index (χ1v) is 6.52. The molecule has 2 rings (SSSR count). The molecule has 1 aromatic carbocycles. The van der Waals surface area contributed by atoms with E-state index in [0.29, 0.717) is 37.0 Å². The van der Waals surface area contributed by atoms with Crippen molar-refractivity contribution in [3.05, 3.63) is 23.8 Å². The molecule has 1 aliphatic heterocycles. The molecule has 6 heteroatoms. The van der Waals surface area contributed by atoms with Crippen LogP contribution in [0.2, 0.25) is 0 Å².